The third kappa shape index (κ3) is 2.22. The van der Waals surface area contributed by atoms with Crippen molar-refractivity contribution in [1.82, 2.24) is 0 Å². The fourth-order valence-electron chi connectivity index (χ4n) is 2.41. The van der Waals surface area contributed by atoms with Gasteiger partial charge in [0.15, 0.2) is 0 Å². The van der Waals surface area contributed by atoms with Gasteiger partial charge in [-0.3, -0.25) is 0 Å². The van der Waals surface area contributed by atoms with Crippen molar-refractivity contribution >= 4 is 0 Å². The van der Waals surface area contributed by atoms with Crippen LogP contribution < -0.4 is 10.5 Å². The lowest BCUT2D eigenvalue weighted by Gasteiger charge is -2.37. The number of rotatable bonds is 4. The molecule has 2 N–H and O–H groups in total. The molecule has 88 valence electrons. The lowest BCUT2D eigenvalue weighted by atomic mass is 9.70. The van der Waals surface area contributed by atoms with E-state index in [0.717, 1.165) is 12.3 Å². The van der Waals surface area contributed by atoms with Gasteiger partial charge in [0.2, 0.25) is 0 Å². The third-order valence-corrected chi connectivity index (χ3v) is 3.40. The van der Waals surface area contributed by atoms with Crippen LogP contribution in [0, 0.1) is 5.92 Å². The van der Waals surface area contributed by atoms with E-state index in [-0.39, 0.29) is 6.10 Å². The highest BCUT2D eigenvalue weighted by molar-refractivity contribution is 5.38. The summed E-state index contributed by atoms with van der Waals surface area (Å²) in [4.78, 5) is 0. The summed E-state index contributed by atoms with van der Waals surface area (Å²) in [5.41, 5.74) is 7.12. The zero-order valence-electron chi connectivity index (χ0n) is 10.1. The topological polar surface area (TPSA) is 35.2 Å². The Labute approximate surface area is 97.8 Å². The predicted octanol–water partition coefficient (Wildman–Crippen LogP) is 2.93. The Morgan fingerprint density at radius 3 is 2.62 bits per heavy atom. The summed E-state index contributed by atoms with van der Waals surface area (Å²) in [7, 11) is 0. The molecule has 1 aromatic carbocycles. The van der Waals surface area contributed by atoms with Crippen molar-refractivity contribution in [2.75, 3.05) is 6.54 Å². The molecule has 0 radical (unpaired) electrons. The van der Waals surface area contributed by atoms with E-state index in [0.29, 0.717) is 11.8 Å². The molecule has 0 bridgehead atoms. The molecule has 0 aromatic heterocycles. The first-order valence-electron chi connectivity index (χ1n) is 6.18. The highest BCUT2D eigenvalue weighted by Crippen LogP contribution is 2.45. The Hall–Kier alpha value is -1.02. The van der Waals surface area contributed by atoms with Crippen LogP contribution in [0.1, 0.15) is 38.2 Å². The van der Waals surface area contributed by atoms with E-state index in [1.54, 1.807) is 0 Å². The van der Waals surface area contributed by atoms with Crippen molar-refractivity contribution in [1.29, 1.82) is 0 Å². The molecule has 0 saturated heterocycles. The van der Waals surface area contributed by atoms with Gasteiger partial charge in [-0.25, -0.2) is 0 Å². The first kappa shape index (κ1) is 11.5. The van der Waals surface area contributed by atoms with Crippen LogP contribution in [0.15, 0.2) is 24.3 Å². The molecular weight excluding hydrogens is 198 g/mol. The lowest BCUT2D eigenvalue weighted by Crippen LogP contribution is -2.31. The summed E-state index contributed by atoms with van der Waals surface area (Å²) in [5.74, 6) is 2.30. The van der Waals surface area contributed by atoms with Crippen LogP contribution in [-0.4, -0.2) is 12.6 Å². The molecule has 2 heteroatoms. The SMILES string of the molecule is CC(C)Oc1ccccc1C1CCC1CN. The minimum absolute atomic E-state index is 0.234. The number of para-hydroxylation sites is 1. The molecule has 0 spiro atoms. The molecule has 0 heterocycles. The van der Waals surface area contributed by atoms with Crippen LogP contribution in [0.2, 0.25) is 0 Å². The molecule has 0 amide bonds. The molecule has 1 fully saturated rings. The smallest absolute Gasteiger partial charge is 0.123 e. The van der Waals surface area contributed by atoms with Crippen molar-refractivity contribution in [3.05, 3.63) is 29.8 Å². The van der Waals surface area contributed by atoms with E-state index in [2.05, 4.69) is 32.0 Å². The van der Waals surface area contributed by atoms with Gasteiger partial charge >= 0.3 is 0 Å². The second-order valence-corrected chi connectivity index (χ2v) is 4.88. The van der Waals surface area contributed by atoms with Crippen molar-refractivity contribution in [2.45, 2.75) is 38.7 Å². The Bertz CT molecular complexity index is 346. The van der Waals surface area contributed by atoms with Gasteiger partial charge in [0.25, 0.3) is 0 Å². The molecule has 1 aromatic rings. The van der Waals surface area contributed by atoms with Crippen LogP contribution in [-0.2, 0) is 0 Å². The highest BCUT2D eigenvalue weighted by Gasteiger charge is 2.32. The molecule has 0 aliphatic heterocycles. The average Bonchev–Trinajstić information content (AvgIpc) is 2.19. The second kappa shape index (κ2) is 4.88. The maximum atomic E-state index is 5.85. The summed E-state index contributed by atoms with van der Waals surface area (Å²) in [6, 6.07) is 8.39. The van der Waals surface area contributed by atoms with Gasteiger partial charge in [0, 0.05) is 0 Å². The van der Waals surface area contributed by atoms with Crippen molar-refractivity contribution in [2.24, 2.45) is 11.7 Å². The fraction of sp³-hybridized carbons (Fsp3) is 0.571. The third-order valence-electron chi connectivity index (χ3n) is 3.40. The predicted molar refractivity (Wildman–Crippen MR) is 66.7 cm³/mol. The zero-order valence-corrected chi connectivity index (χ0v) is 10.1. The van der Waals surface area contributed by atoms with Crippen molar-refractivity contribution in [3.8, 4) is 5.75 Å². The summed E-state index contributed by atoms with van der Waals surface area (Å²) in [6.45, 7) is 4.93. The van der Waals surface area contributed by atoms with E-state index < -0.39 is 0 Å². The molecule has 2 nitrogen and oxygen atoms in total. The number of hydrogen-bond acceptors (Lipinski definition) is 2. The number of hydrogen-bond donors (Lipinski definition) is 1. The van der Waals surface area contributed by atoms with E-state index in [1.165, 1.54) is 18.4 Å². The minimum Gasteiger partial charge on any atom is -0.491 e. The monoisotopic (exact) mass is 219 g/mol. The van der Waals surface area contributed by atoms with E-state index in [4.69, 9.17) is 10.5 Å². The zero-order chi connectivity index (χ0) is 11.5. The summed E-state index contributed by atoms with van der Waals surface area (Å²) in [5, 5.41) is 0. The standard InChI is InChI=1S/C14H21NO/c1-10(2)16-14-6-4-3-5-13(14)12-8-7-11(12)9-15/h3-6,10-12H,7-9,15H2,1-2H3. The van der Waals surface area contributed by atoms with E-state index >= 15 is 0 Å². The van der Waals surface area contributed by atoms with E-state index in [9.17, 15) is 0 Å². The van der Waals surface area contributed by atoms with Crippen molar-refractivity contribution < 1.29 is 4.74 Å². The van der Waals surface area contributed by atoms with Gasteiger partial charge in [-0.2, -0.15) is 0 Å². The van der Waals surface area contributed by atoms with Crippen LogP contribution in [0.5, 0.6) is 5.75 Å². The fourth-order valence-corrected chi connectivity index (χ4v) is 2.41. The minimum atomic E-state index is 0.234. The number of ether oxygens (including phenoxy) is 1. The lowest BCUT2D eigenvalue weighted by molar-refractivity contribution is 0.219. The Morgan fingerprint density at radius 1 is 1.31 bits per heavy atom. The molecule has 16 heavy (non-hydrogen) atoms. The van der Waals surface area contributed by atoms with Crippen molar-refractivity contribution in [3.63, 3.8) is 0 Å². The number of nitrogens with two attached hydrogens (primary N) is 1. The molecule has 2 rings (SSSR count). The van der Waals surface area contributed by atoms with Crippen LogP contribution in [0.3, 0.4) is 0 Å². The summed E-state index contributed by atoms with van der Waals surface area (Å²) < 4.78 is 5.85. The Balaban J connectivity index is 2.19. The van der Waals surface area contributed by atoms with Gasteiger partial charge in [-0.1, -0.05) is 18.2 Å². The van der Waals surface area contributed by atoms with Gasteiger partial charge < -0.3 is 10.5 Å². The molecular formula is C14H21NO. The van der Waals surface area contributed by atoms with Gasteiger partial charge in [-0.05, 0) is 56.7 Å². The molecule has 1 saturated carbocycles. The largest absolute Gasteiger partial charge is 0.491 e. The number of benzene rings is 1. The van der Waals surface area contributed by atoms with Crippen LogP contribution in [0.25, 0.3) is 0 Å². The second-order valence-electron chi connectivity index (χ2n) is 4.88. The van der Waals surface area contributed by atoms with Gasteiger partial charge in [0.1, 0.15) is 5.75 Å². The quantitative estimate of drug-likeness (QED) is 0.845. The Morgan fingerprint density at radius 2 is 2.06 bits per heavy atom. The Kier molecular flexibility index (Phi) is 3.49. The van der Waals surface area contributed by atoms with Gasteiger partial charge in [0.05, 0.1) is 6.10 Å². The molecule has 2 atom stereocenters. The maximum Gasteiger partial charge on any atom is 0.123 e. The van der Waals surface area contributed by atoms with Crippen LogP contribution in [0.4, 0.5) is 0 Å². The van der Waals surface area contributed by atoms with Crippen LogP contribution >= 0.6 is 0 Å². The maximum absolute atomic E-state index is 5.85. The van der Waals surface area contributed by atoms with E-state index in [1.807, 2.05) is 6.07 Å². The molecule has 1 aliphatic rings. The molecule has 1 aliphatic carbocycles. The normalized spacial score (nSPS) is 24.2. The first-order chi connectivity index (χ1) is 7.72. The summed E-state index contributed by atoms with van der Waals surface area (Å²) in [6.07, 6.45) is 2.75. The highest BCUT2D eigenvalue weighted by atomic mass is 16.5. The molecule has 2 unspecified atom stereocenters. The van der Waals surface area contributed by atoms with Gasteiger partial charge in [-0.15, -0.1) is 0 Å². The first-order valence-corrected chi connectivity index (χ1v) is 6.18. The average molecular weight is 219 g/mol. The summed E-state index contributed by atoms with van der Waals surface area (Å²) >= 11 is 0.